The van der Waals surface area contributed by atoms with E-state index in [1.54, 1.807) is 0 Å². The maximum Gasteiger partial charge on any atom is 0.240 e. The number of amides is 1. The zero-order chi connectivity index (χ0) is 15.2. The third kappa shape index (κ3) is 3.82. The summed E-state index contributed by atoms with van der Waals surface area (Å²) in [6.45, 7) is 10.5. The van der Waals surface area contributed by atoms with Crippen molar-refractivity contribution in [2.45, 2.75) is 27.3 Å². The van der Waals surface area contributed by atoms with Crippen LogP contribution in [-0.4, -0.2) is 41.6 Å². The van der Waals surface area contributed by atoms with Crippen LogP contribution in [0.15, 0.2) is 24.3 Å². The highest BCUT2D eigenvalue weighted by atomic mass is 16.1. The van der Waals surface area contributed by atoms with Gasteiger partial charge in [0.2, 0.25) is 5.91 Å². The van der Waals surface area contributed by atoms with Gasteiger partial charge in [0.1, 0.15) is 12.4 Å². The van der Waals surface area contributed by atoms with Crippen LogP contribution in [0, 0.1) is 6.92 Å². The van der Waals surface area contributed by atoms with Crippen LogP contribution in [0.4, 0.5) is 0 Å². The number of rotatable bonds is 7. The standard InChI is InChI=1S/C16H24N4O/c1-4-19(5-2)11-10-17-16(21)12-20-13(3)18-14-8-6-7-9-15(14)20/h6-9H,4-5,10-12H2,1-3H3,(H,17,21)/p+1. The fourth-order valence-corrected chi connectivity index (χ4v) is 2.58. The largest absolute Gasteiger partial charge is 0.349 e. The van der Waals surface area contributed by atoms with Gasteiger partial charge in [-0.3, -0.25) is 4.79 Å². The molecule has 21 heavy (non-hydrogen) atoms. The molecule has 2 aromatic rings. The van der Waals surface area contributed by atoms with Crippen molar-refractivity contribution < 1.29 is 9.69 Å². The molecule has 2 rings (SSSR count). The van der Waals surface area contributed by atoms with E-state index in [1.807, 2.05) is 35.8 Å². The first-order valence-corrected chi connectivity index (χ1v) is 7.67. The summed E-state index contributed by atoms with van der Waals surface area (Å²) >= 11 is 0. The van der Waals surface area contributed by atoms with Gasteiger partial charge in [-0.25, -0.2) is 4.98 Å². The summed E-state index contributed by atoms with van der Waals surface area (Å²) in [5.74, 6) is 0.925. The number of carbonyl (C=O) groups is 1. The van der Waals surface area contributed by atoms with Crippen LogP contribution >= 0.6 is 0 Å². The molecular weight excluding hydrogens is 264 g/mol. The number of benzene rings is 1. The van der Waals surface area contributed by atoms with E-state index < -0.39 is 0 Å². The van der Waals surface area contributed by atoms with Crippen molar-refractivity contribution in [1.82, 2.24) is 14.9 Å². The van der Waals surface area contributed by atoms with Gasteiger partial charge in [0.15, 0.2) is 0 Å². The van der Waals surface area contributed by atoms with Gasteiger partial charge in [0.25, 0.3) is 0 Å². The molecule has 0 aliphatic heterocycles. The van der Waals surface area contributed by atoms with Gasteiger partial charge >= 0.3 is 0 Å². The Morgan fingerprint density at radius 3 is 2.71 bits per heavy atom. The minimum absolute atomic E-state index is 0.0489. The van der Waals surface area contributed by atoms with Crippen molar-refractivity contribution in [2.24, 2.45) is 0 Å². The predicted octanol–water partition coefficient (Wildman–Crippen LogP) is 0.386. The van der Waals surface area contributed by atoms with Crippen LogP contribution in [0.3, 0.4) is 0 Å². The fraction of sp³-hybridized carbons (Fsp3) is 0.500. The summed E-state index contributed by atoms with van der Waals surface area (Å²) in [5, 5.41) is 3.00. The normalized spacial score (nSPS) is 11.2. The monoisotopic (exact) mass is 289 g/mol. The van der Waals surface area contributed by atoms with Crippen molar-refractivity contribution >= 4 is 16.9 Å². The van der Waals surface area contributed by atoms with Crippen molar-refractivity contribution in [1.29, 1.82) is 0 Å². The Morgan fingerprint density at radius 2 is 2.00 bits per heavy atom. The van der Waals surface area contributed by atoms with Gasteiger partial charge in [0, 0.05) is 0 Å². The van der Waals surface area contributed by atoms with E-state index in [4.69, 9.17) is 0 Å². The van der Waals surface area contributed by atoms with Gasteiger partial charge in [-0.2, -0.15) is 0 Å². The summed E-state index contributed by atoms with van der Waals surface area (Å²) in [6, 6.07) is 7.91. The molecule has 0 spiro atoms. The van der Waals surface area contributed by atoms with E-state index in [0.717, 1.165) is 43.0 Å². The average molecular weight is 289 g/mol. The highest BCUT2D eigenvalue weighted by molar-refractivity contribution is 5.81. The lowest BCUT2D eigenvalue weighted by atomic mass is 10.3. The number of quaternary nitrogens is 1. The van der Waals surface area contributed by atoms with Gasteiger partial charge in [-0.05, 0) is 32.9 Å². The van der Waals surface area contributed by atoms with E-state index in [1.165, 1.54) is 4.90 Å². The summed E-state index contributed by atoms with van der Waals surface area (Å²) in [6.07, 6.45) is 0. The first-order valence-electron chi connectivity index (χ1n) is 7.67. The Labute approximate surface area is 126 Å². The molecule has 5 nitrogen and oxygen atoms in total. The SMILES string of the molecule is CC[NH+](CC)CCNC(=O)Cn1c(C)nc2ccccc21. The number of fused-ring (bicyclic) bond motifs is 1. The molecule has 0 aliphatic carbocycles. The first-order chi connectivity index (χ1) is 10.2. The number of carbonyl (C=O) groups excluding carboxylic acids is 1. The number of aromatic nitrogens is 2. The lowest BCUT2D eigenvalue weighted by molar-refractivity contribution is -0.895. The highest BCUT2D eigenvalue weighted by Gasteiger charge is 2.11. The second-order valence-electron chi connectivity index (χ2n) is 5.29. The maximum absolute atomic E-state index is 12.1. The lowest BCUT2D eigenvalue weighted by Crippen LogP contribution is -3.12. The van der Waals surface area contributed by atoms with Crippen LogP contribution < -0.4 is 10.2 Å². The summed E-state index contributed by atoms with van der Waals surface area (Å²) in [7, 11) is 0. The van der Waals surface area contributed by atoms with Gasteiger partial charge in [-0.15, -0.1) is 0 Å². The molecule has 114 valence electrons. The topological polar surface area (TPSA) is 51.4 Å². The molecule has 0 aliphatic rings. The van der Waals surface area contributed by atoms with E-state index in [-0.39, 0.29) is 5.91 Å². The molecule has 0 unspecified atom stereocenters. The molecule has 1 amide bonds. The molecule has 1 heterocycles. The zero-order valence-corrected chi connectivity index (χ0v) is 13.1. The Balaban J connectivity index is 1.94. The molecule has 1 aromatic heterocycles. The third-order valence-electron chi connectivity index (χ3n) is 3.95. The molecule has 0 fully saturated rings. The summed E-state index contributed by atoms with van der Waals surface area (Å²) in [4.78, 5) is 18.1. The fourth-order valence-electron chi connectivity index (χ4n) is 2.58. The van der Waals surface area contributed by atoms with E-state index in [0.29, 0.717) is 6.54 Å². The molecule has 0 atom stereocenters. The number of hydrogen-bond donors (Lipinski definition) is 2. The molecular formula is C16H25N4O+. The number of hydrogen-bond acceptors (Lipinski definition) is 2. The highest BCUT2D eigenvalue weighted by Crippen LogP contribution is 2.14. The number of aryl methyl sites for hydroxylation is 1. The Kier molecular flexibility index (Phi) is 5.33. The van der Waals surface area contributed by atoms with Crippen molar-refractivity contribution in [2.75, 3.05) is 26.2 Å². The number of nitrogens with zero attached hydrogens (tertiary/aromatic N) is 2. The van der Waals surface area contributed by atoms with E-state index in [9.17, 15) is 4.79 Å². The number of para-hydroxylation sites is 2. The van der Waals surface area contributed by atoms with Crippen molar-refractivity contribution in [3.05, 3.63) is 30.1 Å². The van der Waals surface area contributed by atoms with Gasteiger partial charge in [0.05, 0.1) is 37.2 Å². The molecule has 0 bridgehead atoms. The Bertz CT molecular complexity index is 601. The summed E-state index contributed by atoms with van der Waals surface area (Å²) < 4.78 is 1.97. The Morgan fingerprint density at radius 1 is 1.29 bits per heavy atom. The van der Waals surface area contributed by atoms with E-state index in [2.05, 4.69) is 24.1 Å². The molecule has 2 N–H and O–H groups in total. The average Bonchev–Trinajstić information content (AvgIpc) is 2.80. The molecule has 0 saturated carbocycles. The molecule has 0 saturated heterocycles. The summed E-state index contributed by atoms with van der Waals surface area (Å²) in [5.41, 5.74) is 1.95. The number of nitrogens with one attached hydrogen (secondary N) is 2. The zero-order valence-electron chi connectivity index (χ0n) is 13.1. The van der Waals surface area contributed by atoms with Crippen LogP contribution in [0.5, 0.6) is 0 Å². The molecule has 0 radical (unpaired) electrons. The predicted molar refractivity (Wildman–Crippen MR) is 84.4 cm³/mol. The number of likely N-dealkylation sites (N-methyl/N-ethyl adjacent to an activating group) is 1. The van der Waals surface area contributed by atoms with Crippen LogP contribution in [0.2, 0.25) is 0 Å². The number of imidazole rings is 1. The van der Waals surface area contributed by atoms with E-state index >= 15 is 0 Å². The maximum atomic E-state index is 12.1. The molecule has 5 heteroatoms. The van der Waals surface area contributed by atoms with Crippen LogP contribution in [-0.2, 0) is 11.3 Å². The second kappa shape index (κ2) is 7.22. The third-order valence-corrected chi connectivity index (χ3v) is 3.95. The minimum Gasteiger partial charge on any atom is -0.349 e. The smallest absolute Gasteiger partial charge is 0.240 e. The Hall–Kier alpha value is -1.88. The molecule has 1 aromatic carbocycles. The second-order valence-corrected chi connectivity index (χ2v) is 5.29. The van der Waals surface area contributed by atoms with Crippen molar-refractivity contribution in [3.8, 4) is 0 Å². The van der Waals surface area contributed by atoms with Gasteiger partial charge in [-0.1, -0.05) is 12.1 Å². The van der Waals surface area contributed by atoms with Crippen molar-refractivity contribution in [3.63, 3.8) is 0 Å². The van der Waals surface area contributed by atoms with Crippen LogP contribution in [0.25, 0.3) is 11.0 Å². The van der Waals surface area contributed by atoms with Crippen LogP contribution in [0.1, 0.15) is 19.7 Å². The first kappa shape index (κ1) is 15.5. The van der Waals surface area contributed by atoms with Gasteiger partial charge < -0.3 is 14.8 Å². The lowest BCUT2D eigenvalue weighted by Gasteiger charge is -2.15. The minimum atomic E-state index is 0.0489. The quantitative estimate of drug-likeness (QED) is 0.774.